The quantitative estimate of drug-likeness (QED) is 0.883. The fourth-order valence-corrected chi connectivity index (χ4v) is 2.64. The number of amides is 2. The summed E-state index contributed by atoms with van der Waals surface area (Å²) in [7, 11) is 0. The predicted molar refractivity (Wildman–Crippen MR) is 78.3 cm³/mol. The average molecular weight is 274 g/mol. The number of hydrogen-bond acceptors (Lipinski definition) is 2. The standard InChI is InChI=1S/C16H22N2O2/c1-12-7-5-6-10-14(12)18-15(19)11-17-16(20)13-8-3-2-4-9-13/h2-4,8-9,12,14H,5-7,10-11H2,1H3,(H,17,20)(H,18,19)/t12-,14+/m0/s1. The van der Waals surface area contributed by atoms with Gasteiger partial charge in [0.05, 0.1) is 6.54 Å². The zero-order valence-corrected chi connectivity index (χ0v) is 11.9. The van der Waals surface area contributed by atoms with Gasteiger partial charge in [0, 0.05) is 11.6 Å². The van der Waals surface area contributed by atoms with Crippen LogP contribution in [-0.4, -0.2) is 24.4 Å². The van der Waals surface area contributed by atoms with E-state index in [0.29, 0.717) is 11.5 Å². The summed E-state index contributed by atoms with van der Waals surface area (Å²) in [6.07, 6.45) is 4.63. The first-order valence-electron chi connectivity index (χ1n) is 7.29. The molecule has 0 unspecified atom stereocenters. The highest BCUT2D eigenvalue weighted by molar-refractivity contribution is 5.96. The molecule has 0 heterocycles. The molecule has 1 saturated carbocycles. The van der Waals surface area contributed by atoms with E-state index in [4.69, 9.17) is 0 Å². The van der Waals surface area contributed by atoms with Crippen molar-refractivity contribution in [3.05, 3.63) is 35.9 Å². The molecule has 20 heavy (non-hydrogen) atoms. The van der Waals surface area contributed by atoms with Crippen LogP contribution in [0.3, 0.4) is 0 Å². The van der Waals surface area contributed by atoms with Crippen molar-refractivity contribution in [2.75, 3.05) is 6.54 Å². The summed E-state index contributed by atoms with van der Waals surface area (Å²) in [6.45, 7) is 2.21. The molecule has 4 heteroatoms. The Morgan fingerprint density at radius 1 is 1.15 bits per heavy atom. The van der Waals surface area contributed by atoms with E-state index >= 15 is 0 Å². The highest BCUT2D eigenvalue weighted by Crippen LogP contribution is 2.23. The van der Waals surface area contributed by atoms with Crippen LogP contribution in [0.5, 0.6) is 0 Å². The number of nitrogens with one attached hydrogen (secondary N) is 2. The topological polar surface area (TPSA) is 58.2 Å². The van der Waals surface area contributed by atoms with Crippen molar-refractivity contribution < 1.29 is 9.59 Å². The third kappa shape index (κ3) is 4.08. The lowest BCUT2D eigenvalue weighted by Crippen LogP contribution is -2.45. The van der Waals surface area contributed by atoms with Gasteiger partial charge >= 0.3 is 0 Å². The fraction of sp³-hybridized carbons (Fsp3) is 0.500. The number of benzene rings is 1. The van der Waals surface area contributed by atoms with Gasteiger partial charge in [0.25, 0.3) is 5.91 Å². The van der Waals surface area contributed by atoms with E-state index in [0.717, 1.165) is 6.42 Å². The first-order chi connectivity index (χ1) is 9.66. The highest BCUT2D eigenvalue weighted by atomic mass is 16.2. The third-order valence-corrected chi connectivity index (χ3v) is 3.90. The lowest BCUT2D eigenvalue weighted by atomic mass is 9.86. The Balaban J connectivity index is 1.76. The van der Waals surface area contributed by atoms with E-state index < -0.39 is 0 Å². The Kier molecular flexibility index (Phi) is 5.16. The second-order valence-corrected chi connectivity index (χ2v) is 5.48. The van der Waals surface area contributed by atoms with E-state index in [1.807, 2.05) is 6.07 Å². The second-order valence-electron chi connectivity index (χ2n) is 5.48. The first kappa shape index (κ1) is 14.6. The second kappa shape index (κ2) is 7.08. The van der Waals surface area contributed by atoms with Gasteiger partial charge in [0.2, 0.25) is 5.91 Å². The minimum Gasteiger partial charge on any atom is -0.352 e. The number of hydrogen-bond donors (Lipinski definition) is 2. The van der Waals surface area contributed by atoms with Gasteiger partial charge in [-0.05, 0) is 30.9 Å². The molecule has 1 aliphatic rings. The Labute approximate surface area is 119 Å². The Morgan fingerprint density at radius 2 is 1.85 bits per heavy atom. The molecule has 0 saturated heterocycles. The highest BCUT2D eigenvalue weighted by Gasteiger charge is 2.22. The summed E-state index contributed by atoms with van der Waals surface area (Å²) in [5.41, 5.74) is 0.575. The molecular formula is C16H22N2O2. The summed E-state index contributed by atoms with van der Waals surface area (Å²) in [5, 5.41) is 5.67. The van der Waals surface area contributed by atoms with Gasteiger partial charge in [-0.2, -0.15) is 0 Å². The molecular weight excluding hydrogens is 252 g/mol. The maximum absolute atomic E-state index is 11.9. The zero-order valence-electron chi connectivity index (χ0n) is 11.9. The summed E-state index contributed by atoms with van der Waals surface area (Å²) in [5.74, 6) is 0.211. The fourth-order valence-electron chi connectivity index (χ4n) is 2.64. The molecule has 2 rings (SSSR count). The van der Waals surface area contributed by atoms with Crippen molar-refractivity contribution in [2.45, 2.75) is 38.6 Å². The molecule has 0 radical (unpaired) electrons. The smallest absolute Gasteiger partial charge is 0.251 e. The maximum Gasteiger partial charge on any atom is 0.251 e. The van der Waals surface area contributed by atoms with E-state index in [-0.39, 0.29) is 24.4 Å². The van der Waals surface area contributed by atoms with Gasteiger partial charge in [-0.25, -0.2) is 0 Å². The minimum atomic E-state index is -0.211. The van der Waals surface area contributed by atoms with Crippen LogP contribution >= 0.6 is 0 Å². The Hall–Kier alpha value is -1.84. The van der Waals surface area contributed by atoms with Crippen molar-refractivity contribution in [3.8, 4) is 0 Å². The molecule has 1 fully saturated rings. The molecule has 0 bridgehead atoms. The maximum atomic E-state index is 11.9. The van der Waals surface area contributed by atoms with Crippen molar-refractivity contribution in [1.82, 2.24) is 10.6 Å². The molecule has 4 nitrogen and oxygen atoms in total. The molecule has 108 valence electrons. The van der Waals surface area contributed by atoms with E-state index in [9.17, 15) is 9.59 Å². The Morgan fingerprint density at radius 3 is 2.55 bits per heavy atom. The van der Waals surface area contributed by atoms with E-state index in [1.165, 1.54) is 19.3 Å². The SMILES string of the molecule is C[C@H]1CCCC[C@H]1NC(=O)CNC(=O)c1ccccc1. The molecule has 2 atom stereocenters. The van der Waals surface area contributed by atoms with Gasteiger partial charge in [0.15, 0.2) is 0 Å². The molecule has 0 aromatic heterocycles. The lowest BCUT2D eigenvalue weighted by Gasteiger charge is -2.29. The van der Waals surface area contributed by atoms with Crippen molar-refractivity contribution in [2.24, 2.45) is 5.92 Å². The van der Waals surface area contributed by atoms with Crippen molar-refractivity contribution >= 4 is 11.8 Å². The number of rotatable bonds is 4. The van der Waals surface area contributed by atoms with Crippen LogP contribution in [0.2, 0.25) is 0 Å². The average Bonchev–Trinajstić information content (AvgIpc) is 2.48. The minimum absolute atomic E-state index is 0.0386. The van der Waals surface area contributed by atoms with Gasteiger partial charge in [-0.3, -0.25) is 9.59 Å². The van der Waals surface area contributed by atoms with E-state index in [1.54, 1.807) is 24.3 Å². The predicted octanol–water partition coefficient (Wildman–Crippen LogP) is 2.11. The Bertz CT molecular complexity index is 459. The molecule has 0 aliphatic heterocycles. The van der Waals surface area contributed by atoms with Gasteiger partial charge in [0.1, 0.15) is 0 Å². The van der Waals surface area contributed by atoms with Crippen LogP contribution in [0.1, 0.15) is 43.0 Å². The first-order valence-corrected chi connectivity index (χ1v) is 7.29. The van der Waals surface area contributed by atoms with Crippen molar-refractivity contribution in [1.29, 1.82) is 0 Å². The van der Waals surface area contributed by atoms with Crippen LogP contribution in [0, 0.1) is 5.92 Å². The summed E-state index contributed by atoms with van der Waals surface area (Å²) in [6, 6.07) is 9.18. The van der Waals surface area contributed by atoms with Crippen LogP contribution in [0.25, 0.3) is 0 Å². The van der Waals surface area contributed by atoms with Crippen LogP contribution in [0.15, 0.2) is 30.3 Å². The lowest BCUT2D eigenvalue weighted by molar-refractivity contribution is -0.121. The molecule has 1 aromatic rings. The summed E-state index contributed by atoms with van der Waals surface area (Å²) < 4.78 is 0. The van der Waals surface area contributed by atoms with Crippen molar-refractivity contribution in [3.63, 3.8) is 0 Å². The van der Waals surface area contributed by atoms with Gasteiger partial charge in [-0.15, -0.1) is 0 Å². The van der Waals surface area contributed by atoms with Crippen LogP contribution in [-0.2, 0) is 4.79 Å². The zero-order chi connectivity index (χ0) is 14.4. The molecule has 1 aliphatic carbocycles. The number of carbonyl (C=O) groups excluding carboxylic acids is 2. The van der Waals surface area contributed by atoms with E-state index in [2.05, 4.69) is 17.6 Å². The summed E-state index contributed by atoms with van der Waals surface area (Å²) in [4.78, 5) is 23.7. The van der Waals surface area contributed by atoms with Gasteiger partial charge < -0.3 is 10.6 Å². The molecule has 2 amide bonds. The van der Waals surface area contributed by atoms with Crippen LogP contribution in [0.4, 0.5) is 0 Å². The van der Waals surface area contributed by atoms with Crippen LogP contribution < -0.4 is 10.6 Å². The van der Waals surface area contributed by atoms with Gasteiger partial charge in [-0.1, -0.05) is 38.0 Å². The largest absolute Gasteiger partial charge is 0.352 e. The monoisotopic (exact) mass is 274 g/mol. The third-order valence-electron chi connectivity index (χ3n) is 3.90. The normalized spacial score (nSPS) is 22.1. The summed E-state index contributed by atoms with van der Waals surface area (Å²) >= 11 is 0. The molecule has 0 spiro atoms. The molecule has 2 N–H and O–H groups in total. The number of carbonyl (C=O) groups is 2. The molecule has 1 aromatic carbocycles.